The fourth-order valence-electron chi connectivity index (χ4n) is 2.76. The minimum absolute atomic E-state index is 0.0684. The topological polar surface area (TPSA) is 72.5 Å². The molecule has 28 heavy (non-hydrogen) atoms. The number of rotatable bonds is 6. The zero-order valence-corrected chi connectivity index (χ0v) is 16.8. The lowest BCUT2D eigenvalue weighted by atomic mass is 10.0. The minimum atomic E-state index is -3.91. The lowest BCUT2D eigenvalue weighted by molar-refractivity contribution is 0.103. The van der Waals surface area contributed by atoms with Gasteiger partial charge in [-0.1, -0.05) is 41.9 Å². The van der Waals surface area contributed by atoms with E-state index in [1.807, 2.05) is 0 Å². The van der Waals surface area contributed by atoms with Gasteiger partial charge in [0.1, 0.15) is 5.75 Å². The number of sulfonamides is 1. The predicted octanol–water partition coefficient (Wildman–Crippen LogP) is 4.69. The van der Waals surface area contributed by atoms with Crippen LogP contribution in [0.15, 0.2) is 71.6 Å². The minimum Gasteiger partial charge on any atom is -0.496 e. The van der Waals surface area contributed by atoms with Crippen molar-refractivity contribution in [2.45, 2.75) is 11.8 Å². The normalized spacial score (nSPS) is 11.1. The highest BCUT2D eigenvalue weighted by atomic mass is 35.5. The summed E-state index contributed by atoms with van der Waals surface area (Å²) in [5, 5.41) is 0.336. The van der Waals surface area contributed by atoms with Gasteiger partial charge in [0, 0.05) is 16.1 Å². The lowest BCUT2D eigenvalue weighted by Gasteiger charge is -2.14. The molecule has 144 valence electrons. The van der Waals surface area contributed by atoms with E-state index >= 15 is 0 Å². The van der Waals surface area contributed by atoms with Crippen LogP contribution in [0.25, 0.3) is 0 Å². The molecule has 0 heterocycles. The van der Waals surface area contributed by atoms with Gasteiger partial charge in [0.2, 0.25) is 0 Å². The number of anilines is 1. The quantitative estimate of drug-likeness (QED) is 0.593. The molecule has 0 amide bonds. The van der Waals surface area contributed by atoms with Gasteiger partial charge >= 0.3 is 0 Å². The maximum atomic E-state index is 12.9. The molecule has 0 saturated heterocycles. The Morgan fingerprint density at radius 1 is 1.00 bits per heavy atom. The molecule has 0 radical (unpaired) electrons. The van der Waals surface area contributed by atoms with Crippen molar-refractivity contribution in [1.29, 1.82) is 0 Å². The van der Waals surface area contributed by atoms with Crippen LogP contribution in [0.3, 0.4) is 0 Å². The van der Waals surface area contributed by atoms with E-state index in [4.69, 9.17) is 16.3 Å². The van der Waals surface area contributed by atoms with Crippen LogP contribution in [0, 0.1) is 6.92 Å². The molecule has 5 nitrogen and oxygen atoms in total. The number of nitrogens with one attached hydrogen (secondary N) is 1. The van der Waals surface area contributed by atoms with Crippen molar-refractivity contribution in [2.24, 2.45) is 0 Å². The Morgan fingerprint density at radius 2 is 1.71 bits per heavy atom. The van der Waals surface area contributed by atoms with Gasteiger partial charge in [0.25, 0.3) is 10.0 Å². The second kappa shape index (κ2) is 8.04. The van der Waals surface area contributed by atoms with Crippen LogP contribution in [-0.2, 0) is 10.0 Å². The first kappa shape index (κ1) is 19.9. The van der Waals surface area contributed by atoms with E-state index in [-0.39, 0.29) is 21.9 Å². The van der Waals surface area contributed by atoms with Crippen LogP contribution >= 0.6 is 11.6 Å². The summed E-state index contributed by atoms with van der Waals surface area (Å²) in [6.45, 7) is 1.75. The van der Waals surface area contributed by atoms with Gasteiger partial charge in [-0.2, -0.15) is 0 Å². The first-order chi connectivity index (χ1) is 13.3. The number of benzene rings is 3. The molecule has 0 fully saturated rings. The monoisotopic (exact) mass is 415 g/mol. The fourth-order valence-corrected chi connectivity index (χ4v) is 4.10. The molecule has 3 rings (SSSR count). The van der Waals surface area contributed by atoms with E-state index < -0.39 is 10.0 Å². The van der Waals surface area contributed by atoms with Crippen LogP contribution < -0.4 is 9.46 Å². The number of halogens is 1. The Balaban J connectivity index is 2.00. The number of hydrogen-bond donors (Lipinski definition) is 1. The SMILES string of the molecule is COc1ccc(S(=O)(=O)Nc2ccc(Cl)cc2C(=O)c2ccccc2)cc1C. The molecule has 3 aromatic rings. The number of ketones is 1. The Labute approximate surface area is 169 Å². The zero-order chi connectivity index (χ0) is 20.3. The zero-order valence-electron chi connectivity index (χ0n) is 15.3. The third-order valence-electron chi connectivity index (χ3n) is 4.18. The first-order valence-corrected chi connectivity index (χ1v) is 10.2. The summed E-state index contributed by atoms with van der Waals surface area (Å²) in [4.78, 5) is 12.9. The lowest BCUT2D eigenvalue weighted by Crippen LogP contribution is -2.16. The number of hydrogen-bond acceptors (Lipinski definition) is 4. The molecule has 0 aliphatic rings. The molecule has 3 aromatic carbocycles. The fraction of sp³-hybridized carbons (Fsp3) is 0.0952. The summed E-state index contributed by atoms with van der Waals surface area (Å²) in [6, 6.07) is 17.6. The Morgan fingerprint density at radius 3 is 2.36 bits per heavy atom. The third-order valence-corrected chi connectivity index (χ3v) is 5.78. The number of carbonyl (C=O) groups is 1. The highest BCUT2D eigenvalue weighted by Crippen LogP contribution is 2.27. The maximum absolute atomic E-state index is 12.9. The Kier molecular flexibility index (Phi) is 5.72. The largest absolute Gasteiger partial charge is 0.496 e. The van der Waals surface area contributed by atoms with Crippen LogP contribution in [0.1, 0.15) is 21.5 Å². The molecule has 0 unspecified atom stereocenters. The standard InChI is InChI=1S/C21H18ClNO4S/c1-14-12-17(9-11-20(14)27-2)28(25,26)23-19-10-8-16(22)13-18(19)21(24)15-6-4-3-5-7-15/h3-13,23H,1-2H3. The average Bonchev–Trinajstić information content (AvgIpc) is 2.69. The van der Waals surface area contributed by atoms with Crippen LogP contribution in [0.4, 0.5) is 5.69 Å². The van der Waals surface area contributed by atoms with Gasteiger partial charge in [-0.3, -0.25) is 9.52 Å². The van der Waals surface area contributed by atoms with Crippen LogP contribution in [-0.4, -0.2) is 21.3 Å². The van der Waals surface area contributed by atoms with E-state index in [9.17, 15) is 13.2 Å². The molecule has 0 aliphatic carbocycles. The third kappa shape index (κ3) is 4.18. The highest BCUT2D eigenvalue weighted by Gasteiger charge is 2.21. The Hall–Kier alpha value is -2.83. The van der Waals surface area contributed by atoms with Gasteiger partial charge in [-0.15, -0.1) is 0 Å². The summed E-state index contributed by atoms with van der Waals surface area (Å²) in [7, 11) is -2.39. The Bertz CT molecular complexity index is 1130. The van der Waals surface area contributed by atoms with E-state index in [0.717, 1.165) is 0 Å². The molecule has 0 aromatic heterocycles. The molecule has 0 atom stereocenters. The maximum Gasteiger partial charge on any atom is 0.261 e. The summed E-state index contributed by atoms with van der Waals surface area (Å²) >= 11 is 6.05. The molecular weight excluding hydrogens is 398 g/mol. The highest BCUT2D eigenvalue weighted by molar-refractivity contribution is 7.92. The van der Waals surface area contributed by atoms with Crippen molar-refractivity contribution in [3.05, 3.63) is 88.4 Å². The van der Waals surface area contributed by atoms with Crippen molar-refractivity contribution < 1.29 is 17.9 Å². The average molecular weight is 416 g/mol. The summed E-state index contributed by atoms with van der Waals surface area (Å²) in [6.07, 6.45) is 0. The summed E-state index contributed by atoms with van der Waals surface area (Å²) in [5.41, 5.74) is 1.45. The molecule has 0 aliphatic heterocycles. The second-order valence-corrected chi connectivity index (χ2v) is 8.24. The van der Waals surface area contributed by atoms with E-state index in [1.165, 1.54) is 37.4 Å². The van der Waals surface area contributed by atoms with E-state index in [2.05, 4.69) is 4.72 Å². The molecular formula is C21H18ClNO4S. The van der Waals surface area contributed by atoms with E-state index in [1.54, 1.807) is 43.3 Å². The van der Waals surface area contributed by atoms with Crippen molar-refractivity contribution in [2.75, 3.05) is 11.8 Å². The van der Waals surface area contributed by atoms with Crippen LogP contribution in [0.2, 0.25) is 5.02 Å². The molecule has 1 N–H and O–H groups in total. The van der Waals surface area contributed by atoms with Gasteiger partial charge < -0.3 is 4.74 Å². The second-order valence-electron chi connectivity index (χ2n) is 6.12. The van der Waals surface area contributed by atoms with Gasteiger partial charge in [0.05, 0.1) is 17.7 Å². The first-order valence-electron chi connectivity index (χ1n) is 8.38. The van der Waals surface area contributed by atoms with Crippen molar-refractivity contribution in [3.63, 3.8) is 0 Å². The van der Waals surface area contributed by atoms with Gasteiger partial charge in [-0.25, -0.2) is 8.42 Å². The van der Waals surface area contributed by atoms with Crippen molar-refractivity contribution in [3.8, 4) is 5.75 Å². The number of aryl methyl sites for hydroxylation is 1. The van der Waals surface area contributed by atoms with Crippen molar-refractivity contribution >= 4 is 33.1 Å². The molecule has 0 saturated carbocycles. The number of methoxy groups -OCH3 is 1. The van der Waals surface area contributed by atoms with Gasteiger partial charge in [-0.05, 0) is 48.9 Å². The van der Waals surface area contributed by atoms with Gasteiger partial charge in [0.15, 0.2) is 5.78 Å². The number of ether oxygens (including phenoxy) is 1. The van der Waals surface area contributed by atoms with E-state index in [0.29, 0.717) is 21.9 Å². The summed E-state index contributed by atoms with van der Waals surface area (Å²) < 4.78 is 33.4. The molecule has 0 bridgehead atoms. The summed E-state index contributed by atoms with van der Waals surface area (Å²) in [5.74, 6) is 0.261. The van der Waals surface area contributed by atoms with Crippen molar-refractivity contribution in [1.82, 2.24) is 0 Å². The molecule has 0 spiro atoms. The predicted molar refractivity (Wildman–Crippen MR) is 110 cm³/mol. The van der Waals surface area contributed by atoms with Crippen LogP contribution in [0.5, 0.6) is 5.75 Å². The molecule has 7 heteroatoms. The smallest absolute Gasteiger partial charge is 0.261 e. The number of carbonyl (C=O) groups excluding carboxylic acids is 1.